The van der Waals surface area contributed by atoms with Crippen molar-refractivity contribution in [2.45, 2.75) is 67.1 Å². The smallest absolute Gasteiger partial charge is 0.0619 e. The van der Waals surface area contributed by atoms with Crippen molar-refractivity contribution in [3.05, 3.63) is 158 Å². The van der Waals surface area contributed by atoms with Crippen molar-refractivity contribution in [1.82, 2.24) is 0 Å². The molecule has 0 aromatic heterocycles. The highest BCUT2D eigenvalue weighted by Gasteiger charge is 2.27. The molecular formula is C38H41I2S+. The predicted octanol–water partition coefficient (Wildman–Crippen LogP) is 12.0. The fourth-order valence-corrected chi connectivity index (χ4v) is 6.80. The summed E-state index contributed by atoms with van der Waals surface area (Å²) in [6.07, 6.45) is 0. The molecule has 0 aliphatic carbocycles. The molecule has 0 amide bonds. The maximum absolute atomic E-state index is 2.32. The Kier molecular flexibility index (Phi) is 13.0. The average Bonchev–Trinajstić information content (AvgIpc) is 2.95. The Morgan fingerprint density at radius 3 is 0.829 bits per heavy atom. The molecular weight excluding hydrogens is 742 g/mol. The van der Waals surface area contributed by atoms with Crippen LogP contribution in [0.2, 0.25) is 0 Å². The van der Waals surface area contributed by atoms with E-state index < -0.39 is 0 Å². The first kappa shape index (κ1) is 33.4. The lowest BCUT2D eigenvalue weighted by Crippen LogP contribution is -2.10. The third kappa shape index (κ3) is 11.3. The zero-order valence-corrected chi connectivity index (χ0v) is 30.1. The van der Waals surface area contributed by atoms with Gasteiger partial charge in [-0.15, -0.1) is 0 Å². The number of rotatable bonds is 3. The number of benzene rings is 5. The first-order valence-electron chi connectivity index (χ1n) is 13.9. The summed E-state index contributed by atoms with van der Waals surface area (Å²) in [6.45, 7) is 13.4. The van der Waals surface area contributed by atoms with Crippen molar-refractivity contribution in [3.63, 3.8) is 0 Å². The normalized spacial score (nSPS) is 11.1. The number of hydrogen-bond donors (Lipinski definition) is 0. The van der Waals surface area contributed by atoms with E-state index in [1.165, 1.54) is 33.0 Å². The zero-order chi connectivity index (χ0) is 29.9. The molecule has 0 fully saturated rings. The lowest BCUT2D eigenvalue weighted by molar-refractivity contribution is 0.590. The van der Waals surface area contributed by atoms with Gasteiger partial charge in [-0.1, -0.05) is 120 Å². The fraction of sp³-hybridized carbons (Fsp3) is 0.211. The van der Waals surface area contributed by atoms with Crippen molar-refractivity contribution in [2.24, 2.45) is 0 Å². The molecule has 0 saturated carbocycles. The van der Waals surface area contributed by atoms with Gasteiger partial charge in [-0.05, 0) is 128 Å². The topological polar surface area (TPSA) is 0 Å². The molecule has 0 aliphatic heterocycles. The molecule has 0 nitrogen and oxygen atoms in total. The van der Waals surface area contributed by atoms with Crippen LogP contribution in [-0.2, 0) is 21.7 Å². The van der Waals surface area contributed by atoms with Crippen LogP contribution in [0.5, 0.6) is 0 Å². The maximum Gasteiger partial charge on any atom is 0.166 e. The van der Waals surface area contributed by atoms with Gasteiger partial charge in [0.05, 0.1) is 10.9 Å². The lowest BCUT2D eigenvalue weighted by Gasteiger charge is -2.18. The molecule has 5 rings (SSSR count). The van der Waals surface area contributed by atoms with Gasteiger partial charge in [-0.2, -0.15) is 0 Å². The van der Waals surface area contributed by atoms with Gasteiger partial charge in [0.25, 0.3) is 0 Å². The van der Waals surface area contributed by atoms with Gasteiger partial charge >= 0.3 is 0 Å². The number of hydrogen-bond acceptors (Lipinski definition) is 0. The largest absolute Gasteiger partial charge is 0.166 e. The first-order valence-corrected chi connectivity index (χ1v) is 17.2. The van der Waals surface area contributed by atoms with E-state index in [0.717, 1.165) is 0 Å². The van der Waals surface area contributed by atoms with Crippen LogP contribution < -0.4 is 0 Å². The molecule has 3 heteroatoms. The second kappa shape index (κ2) is 15.9. The summed E-state index contributed by atoms with van der Waals surface area (Å²) in [7, 11) is -0.0146. The minimum Gasteiger partial charge on any atom is -0.0619 e. The van der Waals surface area contributed by atoms with E-state index in [2.05, 4.69) is 226 Å². The Morgan fingerprint density at radius 1 is 0.366 bits per heavy atom. The standard InChI is InChI=1S/C18H15S.2C10H13I/c1-4-10-16(11-5-1)19(17-12-6-2-7-13-17)18-14-8-3-9-15-18;2*1-10(2,3)8-4-6-9(11)7-5-8/h1-15H;2*4-7H,1-3H3/q+1;;. The average molecular weight is 784 g/mol. The number of halogens is 2. The van der Waals surface area contributed by atoms with Crippen molar-refractivity contribution >= 4 is 56.1 Å². The van der Waals surface area contributed by atoms with Crippen LogP contribution in [0.1, 0.15) is 52.7 Å². The lowest BCUT2D eigenvalue weighted by atomic mass is 9.87. The van der Waals surface area contributed by atoms with Gasteiger partial charge in [0, 0.05) is 7.14 Å². The molecule has 0 aliphatic rings. The van der Waals surface area contributed by atoms with Gasteiger partial charge < -0.3 is 0 Å². The molecule has 212 valence electrons. The monoisotopic (exact) mass is 783 g/mol. The van der Waals surface area contributed by atoms with Crippen LogP contribution in [0.15, 0.2) is 154 Å². The van der Waals surface area contributed by atoms with Crippen LogP contribution in [-0.4, -0.2) is 0 Å². The van der Waals surface area contributed by atoms with Gasteiger partial charge in [0.2, 0.25) is 0 Å². The molecule has 0 bridgehead atoms. The molecule has 0 heterocycles. The van der Waals surface area contributed by atoms with Crippen molar-refractivity contribution < 1.29 is 0 Å². The van der Waals surface area contributed by atoms with Crippen LogP contribution in [0.3, 0.4) is 0 Å². The van der Waals surface area contributed by atoms with Crippen LogP contribution in [0.4, 0.5) is 0 Å². The molecule has 0 saturated heterocycles. The molecule has 5 aromatic carbocycles. The van der Waals surface area contributed by atoms with E-state index in [1.807, 2.05) is 0 Å². The second-order valence-corrected chi connectivity index (χ2v) is 16.3. The van der Waals surface area contributed by atoms with Crippen molar-refractivity contribution in [2.75, 3.05) is 0 Å². The zero-order valence-electron chi connectivity index (χ0n) is 24.9. The summed E-state index contributed by atoms with van der Waals surface area (Å²) in [4.78, 5) is 4.08. The van der Waals surface area contributed by atoms with E-state index in [1.54, 1.807) is 0 Å². The molecule has 0 spiro atoms. The quantitative estimate of drug-likeness (QED) is 0.126. The van der Waals surface area contributed by atoms with Crippen LogP contribution in [0, 0.1) is 7.14 Å². The third-order valence-corrected chi connectivity index (χ3v) is 10.0. The van der Waals surface area contributed by atoms with Crippen molar-refractivity contribution in [1.29, 1.82) is 0 Å². The SMILES string of the molecule is CC(C)(C)c1ccc(I)cc1.CC(C)(C)c1ccc(I)cc1.c1ccc([S+](c2ccccc2)c2ccccc2)cc1. The maximum atomic E-state index is 2.32. The molecule has 0 radical (unpaired) electrons. The minimum atomic E-state index is -0.0146. The van der Waals surface area contributed by atoms with E-state index in [4.69, 9.17) is 0 Å². The Labute approximate surface area is 278 Å². The molecule has 0 atom stereocenters. The summed E-state index contributed by atoms with van der Waals surface area (Å²) in [5.41, 5.74) is 3.37. The highest BCUT2D eigenvalue weighted by molar-refractivity contribution is 14.1. The highest BCUT2D eigenvalue weighted by Crippen LogP contribution is 2.30. The summed E-state index contributed by atoms with van der Waals surface area (Å²) in [5.74, 6) is 0. The molecule has 0 N–H and O–H groups in total. The molecule has 5 aromatic rings. The summed E-state index contributed by atoms with van der Waals surface area (Å²) in [6, 6.07) is 49.6. The second-order valence-electron chi connectivity index (χ2n) is 11.8. The van der Waals surface area contributed by atoms with Gasteiger partial charge in [-0.3, -0.25) is 0 Å². The summed E-state index contributed by atoms with van der Waals surface area (Å²) < 4.78 is 2.60. The summed E-state index contributed by atoms with van der Waals surface area (Å²) >= 11 is 4.65. The van der Waals surface area contributed by atoms with Crippen LogP contribution in [0.25, 0.3) is 0 Å². The fourth-order valence-electron chi connectivity index (χ4n) is 3.98. The summed E-state index contributed by atoms with van der Waals surface area (Å²) in [5, 5.41) is 0. The Morgan fingerprint density at radius 2 is 0.610 bits per heavy atom. The van der Waals surface area contributed by atoms with Crippen molar-refractivity contribution in [3.8, 4) is 0 Å². The van der Waals surface area contributed by atoms with Gasteiger partial charge in [-0.25, -0.2) is 0 Å². The first-order chi connectivity index (χ1) is 19.4. The van der Waals surface area contributed by atoms with E-state index in [0.29, 0.717) is 0 Å². The molecule has 0 unspecified atom stereocenters. The minimum absolute atomic E-state index is 0.0146. The van der Waals surface area contributed by atoms with Crippen LogP contribution >= 0.6 is 45.2 Å². The van der Waals surface area contributed by atoms with E-state index >= 15 is 0 Å². The third-order valence-electron chi connectivity index (χ3n) is 6.36. The van der Waals surface area contributed by atoms with E-state index in [9.17, 15) is 0 Å². The highest BCUT2D eigenvalue weighted by atomic mass is 127. The Hall–Kier alpha value is -2.09. The van der Waals surface area contributed by atoms with Gasteiger partial charge in [0.1, 0.15) is 0 Å². The van der Waals surface area contributed by atoms with E-state index in [-0.39, 0.29) is 21.7 Å². The predicted molar refractivity (Wildman–Crippen MR) is 197 cm³/mol. The van der Waals surface area contributed by atoms with Gasteiger partial charge in [0.15, 0.2) is 14.7 Å². The Balaban J connectivity index is 0.000000181. The Bertz CT molecular complexity index is 1270. The molecule has 41 heavy (non-hydrogen) atoms.